The van der Waals surface area contributed by atoms with Crippen LogP contribution in [0, 0.1) is 5.41 Å². The van der Waals surface area contributed by atoms with Gasteiger partial charge >= 0.3 is 5.97 Å². The summed E-state index contributed by atoms with van der Waals surface area (Å²) in [5.41, 5.74) is -0.746. The lowest BCUT2D eigenvalue weighted by Crippen LogP contribution is -2.45. The molecule has 0 aromatic carbocycles. The molecule has 0 radical (unpaired) electrons. The van der Waals surface area contributed by atoms with Crippen LogP contribution in [-0.2, 0) is 14.3 Å². The van der Waals surface area contributed by atoms with Crippen molar-refractivity contribution < 1.29 is 19.4 Å². The standard InChI is InChI=1S/C13H21NO4/c15-11(10-5-1-4-8-18-10)14-9-13(12(16)17)6-2-3-7-13/h10H,1-9H2,(H,14,15)(H,16,17). The minimum atomic E-state index is -0.787. The van der Waals surface area contributed by atoms with E-state index in [1.165, 1.54) is 0 Å². The van der Waals surface area contributed by atoms with Gasteiger partial charge in [0.25, 0.3) is 0 Å². The lowest BCUT2D eigenvalue weighted by atomic mass is 9.86. The predicted molar refractivity (Wildman–Crippen MR) is 65.1 cm³/mol. The first-order valence-corrected chi connectivity index (χ1v) is 6.77. The molecule has 0 aromatic heterocycles. The van der Waals surface area contributed by atoms with Gasteiger partial charge in [0.1, 0.15) is 6.10 Å². The SMILES string of the molecule is O=C(NCC1(C(=O)O)CCCC1)C1CCCCO1. The number of hydrogen-bond donors (Lipinski definition) is 2. The molecule has 2 N–H and O–H groups in total. The Balaban J connectivity index is 1.85. The quantitative estimate of drug-likeness (QED) is 0.794. The summed E-state index contributed by atoms with van der Waals surface area (Å²) in [5, 5.41) is 12.1. The second-order valence-electron chi connectivity index (χ2n) is 5.37. The molecule has 5 heteroatoms. The molecule has 1 saturated heterocycles. The maximum atomic E-state index is 11.9. The number of ether oxygens (including phenoxy) is 1. The third-order valence-corrected chi connectivity index (χ3v) is 4.09. The lowest BCUT2D eigenvalue weighted by molar-refractivity contribution is -0.149. The summed E-state index contributed by atoms with van der Waals surface area (Å²) in [6, 6.07) is 0. The fraction of sp³-hybridized carbons (Fsp3) is 0.846. The van der Waals surface area contributed by atoms with E-state index in [9.17, 15) is 14.7 Å². The summed E-state index contributed by atoms with van der Waals surface area (Å²) in [4.78, 5) is 23.2. The molecule has 2 rings (SSSR count). The Morgan fingerprint density at radius 1 is 1.22 bits per heavy atom. The van der Waals surface area contributed by atoms with Crippen LogP contribution >= 0.6 is 0 Å². The summed E-state index contributed by atoms with van der Waals surface area (Å²) >= 11 is 0. The molecular weight excluding hydrogens is 234 g/mol. The first-order chi connectivity index (χ1) is 8.64. The van der Waals surface area contributed by atoms with Gasteiger partial charge in [-0.2, -0.15) is 0 Å². The first-order valence-electron chi connectivity index (χ1n) is 6.77. The minimum absolute atomic E-state index is 0.151. The summed E-state index contributed by atoms with van der Waals surface area (Å²) < 4.78 is 5.39. The van der Waals surface area contributed by atoms with Gasteiger partial charge in [0, 0.05) is 13.2 Å². The van der Waals surface area contributed by atoms with E-state index < -0.39 is 11.4 Å². The molecule has 1 aliphatic carbocycles. The van der Waals surface area contributed by atoms with Crippen LogP contribution in [0.5, 0.6) is 0 Å². The van der Waals surface area contributed by atoms with Crippen molar-refractivity contribution in [3.8, 4) is 0 Å². The van der Waals surface area contributed by atoms with E-state index >= 15 is 0 Å². The van der Waals surface area contributed by atoms with Gasteiger partial charge in [-0.15, -0.1) is 0 Å². The van der Waals surface area contributed by atoms with Crippen LogP contribution in [0.25, 0.3) is 0 Å². The number of rotatable bonds is 4. The normalized spacial score (nSPS) is 26.8. The number of nitrogens with one attached hydrogen (secondary N) is 1. The average Bonchev–Trinajstić information content (AvgIpc) is 2.87. The van der Waals surface area contributed by atoms with Crippen LogP contribution in [0.3, 0.4) is 0 Å². The molecule has 2 fully saturated rings. The van der Waals surface area contributed by atoms with E-state index in [1.807, 2.05) is 0 Å². The van der Waals surface area contributed by atoms with Crippen molar-refractivity contribution in [2.45, 2.75) is 51.0 Å². The highest BCUT2D eigenvalue weighted by Gasteiger charge is 2.41. The van der Waals surface area contributed by atoms with Crippen LogP contribution in [0.15, 0.2) is 0 Å². The number of amides is 1. The summed E-state index contributed by atoms with van der Waals surface area (Å²) in [7, 11) is 0. The minimum Gasteiger partial charge on any atom is -0.481 e. The van der Waals surface area contributed by atoms with Crippen molar-refractivity contribution >= 4 is 11.9 Å². The maximum Gasteiger partial charge on any atom is 0.311 e. The van der Waals surface area contributed by atoms with E-state index in [4.69, 9.17) is 4.74 Å². The van der Waals surface area contributed by atoms with E-state index in [1.54, 1.807) is 0 Å². The van der Waals surface area contributed by atoms with Crippen LogP contribution in [0.2, 0.25) is 0 Å². The van der Waals surface area contributed by atoms with E-state index in [2.05, 4.69) is 5.32 Å². The van der Waals surface area contributed by atoms with Crippen molar-refractivity contribution in [3.05, 3.63) is 0 Å². The molecule has 2 aliphatic rings. The molecule has 1 amide bonds. The fourth-order valence-corrected chi connectivity index (χ4v) is 2.84. The average molecular weight is 255 g/mol. The lowest BCUT2D eigenvalue weighted by Gasteiger charge is -2.27. The number of aliphatic carboxylic acids is 1. The zero-order valence-electron chi connectivity index (χ0n) is 10.6. The third-order valence-electron chi connectivity index (χ3n) is 4.09. The molecule has 1 saturated carbocycles. The number of hydrogen-bond acceptors (Lipinski definition) is 3. The van der Waals surface area contributed by atoms with Crippen molar-refractivity contribution in [2.24, 2.45) is 5.41 Å². The second-order valence-corrected chi connectivity index (χ2v) is 5.37. The smallest absolute Gasteiger partial charge is 0.311 e. The third kappa shape index (κ3) is 2.83. The van der Waals surface area contributed by atoms with Gasteiger partial charge in [-0.1, -0.05) is 12.8 Å². The Morgan fingerprint density at radius 3 is 2.50 bits per heavy atom. The monoisotopic (exact) mass is 255 g/mol. The van der Waals surface area contributed by atoms with Crippen molar-refractivity contribution in [1.82, 2.24) is 5.32 Å². The zero-order valence-corrected chi connectivity index (χ0v) is 10.6. The van der Waals surface area contributed by atoms with Gasteiger partial charge in [-0.05, 0) is 32.1 Å². The number of carboxylic acids is 1. The van der Waals surface area contributed by atoms with Crippen molar-refractivity contribution in [1.29, 1.82) is 0 Å². The van der Waals surface area contributed by atoms with Crippen molar-refractivity contribution in [2.75, 3.05) is 13.2 Å². The summed E-state index contributed by atoms with van der Waals surface area (Å²) in [5.74, 6) is -0.938. The molecule has 1 heterocycles. The molecular formula is C13H21NO4. The van der Waals surface area contributed by atoms with Gasteiger partial charge in [0.15, 0.2) is 0 Å². The van der Waals surface area contributed by atoms with Crippen LogP contribution in [0.4, 0.5) is 0 Å². The molecule has 18 heavy (non-hydrogen) atoms. The summed E-state index contributed by atoms with van der Waals surface area (Å²) in [6.45, 7) is 0.864. The molecule has 0 bridgehead atoms. The fourth-order valence-electron chi connectivity index (χ4n) is 2.84. The molecule has 1 aliphatic heterocycles. The van der Waals surface area contributed by atoms with Gasteiger partial charge < -0.3 is 15.2 Å². The molecule has 1 unspecified atom stereocenters. The second kappa shape index (κ2) is 5.69. The van der Waals surface area contributed by atoms with Gasteiger partial charge in [-0.3, -0.25) is 9.59 Å². The Bertz CT molecular complexity index is 317. The largest absolute Gasteiger partial charge is 0.481 e. The zero-order chi connectivity index (χ0) is 13.0. The first kappa shape index (κ1) is 13.3. The topological polar surface area (TPSA) is 75.6 Å². The van der Waals surface area contributed by atoms with Gasteiger partial charge in [0.2, 0.25) is 5.91 Å². The molecule has 5 nitrogen and oxygen atoms in total. The molecule has 0 spiro atoms. The molecule has 1 atom stereocenters. The Labute approximate surface area is 107 Å². The highest BCUT2D eigenvalue weighted by molar-refractivity contribution is 5.82. The van der Waals surface area contributed by atoms with E-state index in [0.717, 1.165) is 32.1 Å². The van der Waals surface area contributed by atoms with E-state index in [0.29, 0.717) is 19.4 Å². The van der Waals surface area contributed by atoms with Crippen LogP contribution in [-0.4, -0.2) is 36.2 Å². The maximum absolute atomic E-state index is 11.9. The van der Waals surface area contributed by atoms with Crippen LogP contribution in [0.1, 0.15) is 44.9 Å². The highest BCUT2D eigenvalue weighted by Crippen LogP contribution is 2.37. The predicted octanol–water partition coefficient (Wildman–Crippen LogP) is 1.32. The number of carbonyl (C=O) groups excluding carboxylic acids is 1. The Hall–Kier alpha value is -1.10. The van der Waals surface area contributed by atoms with Gasteiger partial charge in [0.05, 0.1) is 5.41 Å². The molecule has 102 valence electrons. The molecule has 0 aromatic rings. The van der Waals surface area contributed by atoms with Crippen LogP contribution < -0.4 is 5.32 Å². The Kier molecular flexibility index (Phi) is 4.22. The Morgan fingerprint density at radius 2 is 1.94 bits per heavy atom. The number of carboxylic acid groups (broad SMARTS) is 1. The number of carbonyl (C=O) groups is 2. The van der Waals surface area contributed by atoms with Crippen molar-refractivity contribution in [3.63, 3.8) is 0 Å². The summed E-state index contributed by atoms with van der Waals surface area (Å²) in [6.07, 6.45) is 5.55. The van der Waals surface area contributed by atoms with E-state index in [-0.39, 0.29) is 18.6 Å². The van der Waals surface area contributed by atoms with Gasteiger partial charge in [-0.25, -0.2) is 0 Å². The highest BCUT2D eigenvalue weighted by atomic mass is 16.5.